The molecule has 30 heavy (non-hydrogen) atoms. The Morgan fingerprint density at radius 2 is 1.93 bits per heavy atom. The van der Waals surface area contributed by atoms with E-state index < -0.39 is 10.8 Å². The first-order valence-electron chi connectivity index (χ1n) is 9.26. The lowest BCUT2D eigenvalue weighted by Crippen LogP contribution is -2.36. The fourth-order valence-corrected chi connectivity index (χ4v) is 2.87. The Balaban J connectivity index is 1.56. The second kappa shape index (κ2) is 10.2. The van der Waals surface area contributed by atoms with E-state index in [9.17, 15) is 14.9 Å². The Hall–Kier alpha value is -3.66. The van der Waals surface area contributed by atoms with Crippen molar-refractivity contribution >= 4 is 23.5 Å². The number of hydrogen-bond acceptors (Lipinski definition) is 8. The zero-order valence-electron chi connectivity index (χ0n) is 16.4. The smallest absolute Gasteiger partial charge is 0.293 e. The number of carbonyl (C=O) groups is 1. The van der Waals surface area contributed by atoms with Crippen molar-refractivity contribution in [1.82, 2.24) is 5.43 Å². The van der Waals surface area contributed by atoms with E-state index in [-0.39, 0.29) is 12.3 Å². The summed E-state index contributed by atoms with van der Waals surface area (Å²) in [5, 5.41) is 15.3. The third-order valence-electron chi connectivity index (χ3n) is 4.38. The summed E-state index contributed by atoms with van der Waals surface area (Å²) < 4.78 is 15.7. The molecule has 2 aromatic rings. The van der Waals surface area contributed by atoms with Crippen molar-refractivity contribution in [2.45, 2.75) is 0 Å². The van der Waals surface area contributed by atoms with E-state index in [1.807, 2.05) is 4.90 Å². The number of nitrogens with zero attached hydrogens (tertiary/aromatic N) is 3. The maximum Gasteiger partial charge on any atom is 0.293 e. The summed E-state index contributed by atoms with van der Waals surface area (Å²) in [7, 11) is 1.56. The maximum atomic E-state index is 11.9. The quantitative estimate of drug-likeness (QED) is 0.399. The molecule has 2 aromatic carbocycles. The summed E-state index contributed by atoms with van der Waals surface area (Å²) in [6, 6.07) is 11.6. The van der Waals surface area contributed by atoms with Crippen LogP contribution in [0.15, 0.2) is 47.6 Å². The van der Waals surface area contributed by atoms with Crippen LogP contribution in [0.4, 0.5) is 11.4 Å². The fraction of sp³-hybridized carbons (Fsp3) is 0.300. The minimum Gasteiger partial charge on any atom is -0.497 e. The van der Waals surface area contributed by atoms with Crippen LogP contribution in [0.3, 0.4) is 0 Å². The van der Waals surface area contributed by atoms with Crippen molar-refractivity contribution in [2.75, 3.05) is 44.9 Å². The monoisotopic (exact) mass is 414 g/mol. The molecule has 0 spiro atoms. The van der Waals surface area contributed by atoms with Gasteiger partial charge >= 0.3 is 0 Å². The van der Waals surface area contributed by atoms with Gasteiger partial charge in [0.2, 0.25) is 0 Å². The number of hydrazone groups is 1. The van der Waals surface area contributed by atoms with Crippen molar-refractivity contribution in [1.29, 1.82) is 0 Å². The Labute approximate surface area is 173 Å². The normalized spacial score (nSPS) is 13.8. The Kier molecular flexibility index (Phi) is 7.17. The number of methoxy groups -OCH3 is 1. The largest absolute Gasteiger partial charge is 0.497 e. The fourth-order valence-electron chi connectivity index (χ4n) is 2.87. The maximum absolute atomic E-state index is 11.9. The van der Waals surface area contributed by atoms with E-state index in [0.717, 1.165) is 0 Å². The Morgan fingerprint density at radius 1 is 1.23 bits per heavy atom. The molecular formula is C20H22N4O6. The molecule has 1 amide bonds. The van der Waals surface area contributed by atoms with Crippen molar-refractivity contribution in [3.05, 3.63) is 58.1 Å². The van der Waals surface area contributed by atoms with Crippen LogP contribution < -0.4 is 19.8 Å². The molecule has 1 aliphatic heterocycles. The number of anilines is 1. The number of carbonyl (C=O) groups excluding carboxylic acids is 1. The van der Waals surface area contributed by atoms with Crippen LogP contribution in [-0.4, -0.2) is 57.1 Å². The van der Waals surface area contributed by atoms with Gasteiger partial charge in [-0.2, -0.15) is 5.10 Å². The number of nitrogens with one attached hydrogen (secondary N) is 1. The highest BCUT2D eigenvalue weighted by atomic mass is 16.6. The number of ether oxygens (including phenoxy) is 3. The molecule has 0 aliphatic carbocycles. The van der Waals surface area contributed by atoms with Gasteiger partial charge in [0, 0.05) is 24.7 Å². The van der Waals surface area contributed by atoms with Gasteiger partial charge in [-0.15, -0.1) is 0 Å². The van der Waals surface area contributed by atoms with Crippen molar-refractivity contribution in [2.24, 2.45) is 5.10 Å². The van der Waals surface area contributed by atoms with Gasteiger partial charge in [0.1, 0.15) is 17.2 Å². The molecule has 10 nitrogen and oxygen atoms in total. The summed E-state index contributed by atoms with van der Waals surface area (Å²) in [4.78, 5) is 24.8. The number of rotatable bonds is 8. The summed E-state index contributed by atoms with van der Waals surface area (Å²) in [5.41, 5.74) is 3.35. The lowest BCUT2D eigenvalue weighted by atomic mass is 10.1. The first kappa shape index (κ1) is 21.1. The number of nitro groups is 1. The molecule has 0 bridgehead atoms. The van der Waals surface area contributed by atoms with Gasteiger partial charge in [-0.25, -0.2) is 5.43 Å². The highest BCUT2D eigenvalue weighted by Crippen LogP contribution is 2.29. The van der Waals surface area contributed by atoms with Crippen LogP contribution in [0.1, 0.15) is 5.56 Å². The zero-order chi connectivity index (χ0) is 21.3. The summed E-state index contributed by atoms with van der Waals surface area (Å²) in [6.07, 6.45) is 1.35. The molecule has 1 aliphatic rings. The molecule has 1 N–H and O–H groups in total. The van der Waals surface area contributed by atoms with Crippen molar-refractivity contribution < 1.29 is 23.9 Å². The van der Waals surface area contributed by atoms with Gasteiger partial charge in [-0.3, -0.25) is 14.9 Å². The molecule has 0 atom stereocenters. The minimum atomic E-state index is -0.457. The number of hydrogen-bond donors (Lipinski definition) is 1. The van der Waals surface area contributed by atoms with Crippen LogP contribution in [0.5, 0.6) is 11.5 Å². The Morgan fingerprint density at radius 3 is 2.60 bits per heavy atom. The lowest BCUT2D eigenvalue weighted by molar-refractivity contribution is -0.384. The third-order valence-corrected chi connectivity index (χ3v) is 4.38. The number of benzene rings is 2. The van der Waals surface area contributed by atoms with Gasteiger partial charge in [-0.1, -0.05) is 6.07 Å². The van der Waals surface area contributed by atoms with Gasteiger partial charge in [0.05, 0.1) is 31.5 Å². The lowest BCUT2D eigenvalue weighted by Gasteiger charge is -2.28. The Bertz CT molecular complexity index is 910. The molecule has 1 fully saturated rings. The molecule has 158 valence electrons. The SMILES string of the molecule is COc1ccc(OCC(=O)N/N=C/c2ccc(N3CCOCC3)c([N+](=O)[O-])c2)cc1. The van der Waals surface area contributed by atoms with Crippen molar-refractivity contribution in [3.8, 4) is 11.5 Å². The van der Waals surface area contributed by atoms with Gasteiger partial charge in [0.15, 0.2) is 6.61 Å². The van der Waals surface area contributed by atoms with Crippen LogP contribution >= 0.6 is 0 Å². The number of nitro benzene ring substituents is 1. The predicted molar refractivity (Wildman–Crippen MR) is 110 cm³/mol. The van der Waals surface area contributed by atoms with E-state index >= 15 is 0 Å². The van der Waals surface area contributed by atoms with Crippen LogP contribution in [0, 0.1) is 10.1 Å². The minimum absolute atomic E-state index is 0.0185. The average Bonchev–Trinajstić information content (AvgIpc) is 2.78. The molecule has 1 heterocycles. The highest BCUT2D eigenvalue weighted by Gasteiger charge is 2.21. The first-order valence-corrected chi connectivity index (χ1v) is 9.26. The predicted octanol–water partition coefficient (Wildman–Crippen LogP) is 1.97. The second-order valence-corrected chi connectivity index (χ2v) is 6.36. The molecule has 0 saturated carbocycles. The zero-order valence-corrected chi connectivity index (χ0v) is 16.4. The molecule has 10 heteroatoms. The van der Waals surface area contributed by atoms with E-state index in [4.69, 9.17) is 14.2 Å². The van der Waals surface area contributed by atoms with Crippen LogP contribution in [0.25, 0.3) is 0 Å². The molecule has 1 saturated heterocycles. The number of morpholine rings is 1. The van der Waals surface area contributed by atoms with E-state index in [0.29, 0.717) is 49.1 Å². The second-order valence-electron chi connectivity index (χ2n) is 6.36. The van der Waals surface area contributed by atoms with Gasteiger partial charge < -0.3 is 19.1 Å². The van der Waals surface area contributed by atoms with Crippen LogP contribution in [-0.2, 0) is 9.53 Å². The van der Waals surface area contributed by atoms with E-state index in [1.165, 1.54) is 12.3 Å². The molecule has 3 rings (SSSR count). The van der Waals surface area contributed by atoms with Crippen LogP contribution in [0.2, 0.25) is 0 Å². The summed E-state index contributed by atoms with van der Waals surface area (Å²) >= 11 is 0. The summed E-state index contributed by atoms with van der Waals surface area (Å²) in [6.45, 7) is 2.03. The molecule has 0 aromatic heterocycles. The van der Waals surface area contributed by atoms with Crippen molar-refractivity contribution in [3.63, 3.8) is 0 Å². The molecule has 0 unspecified atom stereocenters. The first-order chi connectivity index (χ1) is 14.6. The average molecular weight is 414 g/mol. The van der Waals surface area contributed by atoms with E-state index in [2.05, 4.69) is 10.5 Å². The molecular weight excluding hydrogens is 392 g/mol. The highest BCUT2D eigenvalue weighted by molar-refractivity contribution is 5.85. The third kappa shape index (κ3) is 5.67. The van der Waals surface area contributed by atoms with E-state index in [1.54, 1.807) is 43.5 Å². The summed E-state index contributed by atoms with van der Waals surface area (Å²) in [5.74, 6) is 0.746. The standard InChI is InChI=1S/C20H22N4O6/c1-28-16-3-5-17(6-4-16)30-14-20(25)22-21-13-15-2-7-18(19(12-15)24(26)27)23-8-10-29-11-9-23/h2-7,12-13H,8-11,14H2,1H3,(H,22,25)/b21-13+. The van der Waals surface area contributed by atoms with Gasteiger partial charge in [0.25, 0.3) is 11.6 Å². The number of amides is 1. The van der Waals surface area contributed by atoms with Gasteiger partial charge in [-0.05, 0) is 30.3 Å². The molecule has 0 radical (unpaired) electrons. The topological polar surface area (TPSA) is 116 Å².